The van der Waals surface area contributed by atoms with Gasteiger partial charge >= 0.3 is 0 Å². The van der Waals surface area contributed by atoms with Crippen molar-refractivity contribution in [3.05, 3.63) is 40.9 Å². The van der Waals surface area contributed by atoms with Gasteiger partial charge in [0.25, 0.3) is 0 Å². The Morgan fingerprint density at radius 3 is 2.82 bits per heavy atom. The Bertz CT molecular complexity index is 841. The predicted octanol–water partition coefficient (Wildman–Crippen LogP) is 3.71. The fourth-order valence-corrected chi connectivity index (χ4v) is 4.95. The van der Waals surface area contributed by atoms with Gasteiger partial charge in [-0.05, 0) is 31.7 Å². The van der Waals surface area contributed by atoms with Gasteiger partial charge in [0.05, 0.1) is 18.3 Å². The molecule has 0 saturated heterocycles. The van der Waals surface area contributed by atoms with Gasteiger partial charge in [-0.1, -0.05) is 18.2 Å². The van der Waals surface area contributed by atoms with Crippen molar-refractivity contribution in [1.29, 1.82) is 0 Å². The lowest BCUT2D eigenvalue weighted by atomic mass is 9.86. The molecule has 1 unspecified atom stereocenters. The average molecular weight is 400 g/mol. The number of rotatable bonds is 4. The van der Waals surface area contributed by atoms with E-state index in [1.165, 1.54) is 18.4 Å². The minimum Gasteiger partial charge on any atom is -0.487 e. The maximum atomic E-state index is 6.47. The topological polar surface area (TPSA) is 61.8 Å². The number of benzene rings is 1. The first-order chi connectivity index (χ1) is 13.6. The number of ether oxygens (including phenoxy) is 1. The summed E-state index contributed by atoms with van der Waals surface area (Å²) in [7, 11) is 5.84. The minimum absolute atomic E-state index is 0.0274. The highest BCUT2D eigenvalue weighted by atomic mass is 32.1. The molecule has 0 radical (unpaired) electrons. The summed E-state index contributed by atoms with van der Waals surface area (Å²) in [5, 5.41) is 10.2. The Morgan fingerprint density at radius 2 is 2.11 bits per heavy atom. The second-order valence-electron chi connectivity index (χ2n) is 7.87. The highest BCUT2D eigenvalue weighted by Crippen LogP contribution is 2.46. The molecular formula is C21H29N5OS. The molecule has 0 bridgehead atoms. The van der Waals surface area contributed by atoms with E-state index in [9.17, 15) is 0 Å². The fraction of sp³-hybridized carbons (Fsp3) is 0.524. The smallest absolute Gasteiger partial charge is 0.191 e. The molecule has 1 aliphatic carbocycles. The molecule has 28 heavy (non-hydrogen) atoms. The molecule has 2 N–H and O–H groups in total. The lowest BCUT2D eigenvalue weighted by molar-refractivity contribution is 0.0396. The number of hydrogen-bond acceptors (Lipinski definition) is 5. The molecule has 150 valence electrons. The van der Waals surface area contributed by atoms with E-state index in [1.807, 2.05) is 26.0 Å². The van der Waals surface area contributed by atoms with E-state index in [0.29, 0.717) is 6.54 Å². The van der Waals surface area contributed by atoms with Gasteiger partial charge in [0.1, 0.15) is 11.4 Å². The van der Waals surface area contributed by atoms with Gasteiger partial charge in [-0.3, -0.25) is 4.99 Å². The van der Waals surface area contributed by atoms with Crippen molar-refractivity contribution in [2.45, 2.75) is 50.3 Å². The molecule has 1 atom stereocenters. The third kappa shape index (κ3) is 3.94. The quantitative estimate of drug-likeness (QED) is 0.606. The Balaban J connectivity index is 1.46. The Morgan fingerprint density at radius 1 is 1.32 bits per heavy atom. The first-order valence-corrected chi connectivity index (χ1v) is 10.8. The molecule has 2 aromatic rings. The molecule has 2 aliphatic rings. The standard InChI is InChI=1S/C21H29N5OS/c1-22-19(23-13-15-14-28-20(24-15)26(2)3)25-17-12-21(10-6-7-11-21)27-18-9-5-4-8-16(17)18/h4-5,8-9,14,17H,6-7,10-13H2,1-3H3,(H2,22,23,25). The molecule has 1 fully saturated rings. The van der Waals surface area contributed by atoms with Crippen LogP contribution in [0.25, 0.3) is 0 Å². The zero-order valence-corrected chi connectivity index (χ0v) is 17.7. The summed E-state index contributed by atoms with van der Waals surface area (Å²) in [6.07, 6.45) is 5.75. The fourth-order valence-electron chi connectivity index (χ4n) is 4.19. The lowest BCUT2D eigenvalue weighted by Crippen LogP contribution is -2.46. The molecule has 2 heterocycles. The van der Waals surface area contributed by atoms with Crippen molar-refractivity contribution < 1.29 is 4.74 Å². The molecule has 1 aliphatic heterocycles. The van der Waals surface area contributed by atoms with Crippen LogP contribution in [-0.4, -0.2) is 37.7 Å². The van der Waals surface area contributed by atoms with Gasteiger partial charge < -0.3 is 20.3 Å². The van der Waals surface area contributed by atoms with Crippen LogP contribution in [0.5, 0.6) is 5.75 Å². The van der Waals surface area contributed by atoms with Crippen LogP contribution in [0.15, 0.2) is 34.6 Å². The Hall–Kier alpha value is -2.28. The lowest BCUT2D eigenvalue weighted by Gasteiger charge is -2.40. The van der Waals surface area contributed by atoms with E-state index in [4.69, 9.17) is 4.74 Å². The van der Waals surface area contributed by atoms with E-state index in [2.05, 4.69) is 50.3 Å². The largest absolute Gasteiger partial charge is 0.487 e. The van der Waals surface area contributed by atoms with Gasteiger partial charge in [0.15, 0.2) is 11.1 Å². The van der Waals surface area contributed by atoms with E-state index in [0.717, 1.165) is 41.8 Å². The zero-order valence-electron chi connectivity index (χ0n) is 16.9. The van der Waals surface area contributed by atoms with Crippen LogP contribution in [0.3, 0.4) is 0 Å². The van der Waals surface area contributed by atoms with Crippen molar-refractivity contribution in [3.8, 4) is 5.75 Å². The van der Waals surface area contributed by atoms with E-state index in [1.54, 1.807) is 11.3 Å². The molecule has 4 rings (SSSR count). The summed E-state index contributed by atoms with van der Waals surface area (Å²) in [4.78, 5) is 11.1. The Labute approximate surface area is 171 Å². The number of aromatic nitrogens is 1. The van der Waals surface area contributed by atoms with Gasteiger partial charge in [0, 0.05) is 38.5 Å². The summed E-state index contributed by atoms with van der Waals surface area (Å²) in [6.45, 7) is 0.653. The zero-order chi connectivity index (χ0) is 19.6. The van der Waals surface area contributed by atoms with Crippen LogP contribution in [0.4, 0.5) is 5.13 Å². The normalized spacial score (nSPS) is 20.5. The van der Waals surface area contributed by atoms with E-state index < -0.39 is 0 Å². The highest BCUT2D eigenvalue weighted by Gasteiger charge is 2.43. The SMILES string of the molecule is CN=C(NCc1csc(N(C)C)n1)NC1CC2(CCCC2)Oc2ccccc21. The van der Waals surface area contributed by atoms with Crippen LogP contribution >= 0.6 is 11.3 Å². The second kappa shape index (κ2) is 7.99. The molecule has 1 saturated carbocycles. The van der Waals surface area contributed by atoms with Crippen LogP contribution < -0.4 is 20.3 Å². The molecule has 1 aromatic heterocycles. The van der Waals surface area contributed by atoms with E-state index >= 15 is 0 Å². The van der Waals surface area contributed by atoms with Crippen molar-refractivity contribution in [2.75, 3.05) is 26.0 Å². The predicted molar refractivity (Wildman–Crippen MR) is 115 cm³/mol. The van der Waals surface area contributed by atoms with Gasteiger partial charge in [-0.2, -0.15) is 0 Å². The number of nitrogens with one attached hydrogen (secondary N) is 2. The summed E-state index contributed by atoms with van der Waals surface area (Å²) in [5.41, 5.74) is 2.21. The van der Waals surface area contributed by atoms with Crippen molar-refractivity contribution in [2.24, 2.45) is 4.99 Å². The maximum Gasteiger partial charge on any atom is 0.191 e. The summed E-state index contributed by atoms with van der Waals surface area (Å²) in [5.74, 6) is 1.81. The number of thiazole rings is 1. The number of anilines is 1. The summed E-state index contributed by atoms with van der Waals surface area (Å²) >= 11 is 1.65. The molecule has 1 spiro atoms. The second-order valence-corrected chi connectivity index (χ2v) is 8.71. The molecular weight excluding hydrogens is 370 g/mol. The molecule has 0 amide bonds. The molecule has 7 heteroatoms. The number of fused-ring (bicyclic) bond motifs is 1. The molecule has 1 aromatic carbocycles. The third-order valence-electron chi connectivity index (χ3n) is 5.61. The van der Waals surface area contributed by atoms with Crippen molar-refractivity contribution in [3.63, 3.8) is 0 Å². The number of nitrogens with zero attached hydrogens (tertiary/aromatic N) is 3. The summed E-state index contributed by atoms with van der Waals surface area (Å²) in [6, 6.07) is 8.59. The van der Waals surface area contributed by atoms with Crippen LogP contribution in [0.1, 0.15) is 49.4 Å². The number of hydrogen-bond donors (Lipinski definition) is 2. The molecule has 6 nitrogen and oxygen atoms in total. The van der Waals surface area contributed by atoms with Crippen LogP contribution in [0.2, 0.25) is 0 Å². The number of para-hydroxylation sites is 1. The van der Waals surface area contributed by atoms with Crippen LogP contribution in [0, 0.1) is 0 Å². The minimum atomic E-state index is -0.0274. The number of aliphatic imine (C=N–C) groups is 1. The van der Waals surface area contributed by atoms with Crippen molar-refractivity contribution in [1.82, 2.24) is 15.6 Å². The monoisotopic (exact) mass is 399 g/mol. The Kier molecular flexibility index (Phi) is 5.44. The van der Waals surface area contributed by atoms with Gasteiger partial charge in [-0.15, -0.1) is 11.3 Å². The van der Waals surface area contributed by atoms with Crippen LogP contribution in [-0.2, 0) is 6.54 Å². The third-order valence-corrected chi connectivity index (χ3v) is 6.66. The van der Waals surface area contributed by atoms with Gasteiger partial charge in [0.2, 0.25) is 0 Å². The number of guanidine groups is 1. The van der Waals surface area contributed by atoms with E-state index in [-0.39, 0.29) is 11.6 Å². The first-order valence-electron chi connectivity index (χ1n) is 9.95. The van der Waals surface area contributed by atoms with Gasteiger partial charge in [-0.25, -0.2) is 4.98 Å². The van der Waals surface area contributed by atoms with Crippen molar-refractivity contribution >= 4 is 22.4 Å². The summed E-state index contributed by atoms with van der Waals surface area (Å²) < 4.78 is 6.47. The first kappa shape index (κ1) is 19.1. The highest BCUT2D eigenvalue weighted by molar-refractivity contribution is 7.13. The maximum absolute atomic E-state index is 6.47. The average Bonchev–Trinajstić information content (AvgIpc) is 3.35.